The molecular formula is C16H22N4O2. The van der Waals surface area contributed by atoms with Gasteiger partial charge in [-0.3, -0.25) is 9.80 Å². The third-order valence-corrected chi connectivity index (χ3v) is 4.46. The molecule has 3 heterocycles. The first-order valence-electron chi connectivity index (χ1n) is 8.07. The van der Waals surface area contributed by atoms with Gasteiger partial charge in [0.05, 0.1) is 11.4 Å². The smallest absolute Gasteiger partial charge is 0.191 e. The Morgan fingerprint density at radius 1 is 1.09 bits per heavy atom. The molecule has 0 unspecified atom stereocenters. The van der Waals surface area contributed by atoms with Crippen LogP contribution in [0.2, 0.25) is 0 Å². The molecule has 2 aromatic rings. The van der Waals surface area contributed by atoms with Crippen LogP contribution in [0.15, 0.2) is 21.3 Å². The molecule has 22 heavy (non-hydrogen) atoms. The van der Waals surface area contributed by atoms with Crippen molar-refractivity contribution in [3.05, 3.63) is 35.4 Å². The molecule has 1 aliphatic carbocycles. The largest absolute Gasteiger partial charge is 0.449 e. The van der Waals surface area contributed by atoms with Gasteiger partial charge in [0.2, 0.25) is 0 Å². The van der Waals surface area contributed by atoms with Crippen LogP contribution in [-0.2, 0) is 13.1 Å². The Kier molecular flexibility index (Phi) is 3.72. The number of nitrogens with zero attached hydrogens (tertiary/aromatic N) is 4. The number of aryl methyl sites for hydroxylation is 1. The first-order chi connectivity index (χ1) is 10.8. The van der Waals surface area contributed by atoms with Crippen LogP contribution in [0.1, 0.15) is 41.8 Å². The van der Waals surface area contributed by atoms with Crippen molar-refractivity contribution in [2.24, 2.45) is 0 Å². The molecular weight excluding hydrogens is 280 g/mol. The summed E-state index contributed by atoms with van der Waals surface area (Å²) < 4.78 is 10.7. The summed E-state index contributed by atoms with van der Waals surface area (Å²) >= 11 is 0. The lowest BCUT2D eigenvalue weighted by Crippen LogP contribution is -2.45. The molecule has 0 radical (unpaired) electrons. The molecule has 6 heteroatoms. The lowest BCUT2D eigenvalue weighted by Gasteiger charge is -2.33. The molecule has 2 aromatic heterocycles. The molecule has 1 saturated carbocycles. The van der Waals surface area contributed by atoms with Crippen LogP contribution in [0.25, 0.3) is 0 Å². The van der Waals surface area contributed by atoms with Crippen molar-refractivity contribution < 1.29 is 8.94 Å². The fourth-order valence-electron chi connectivity index (χ4n) is 3.01. The lowest BCUT2D eigenvalue weighted by atomic mass is 10.2. The highest BCUT2D eigenvalue weighted by atomic mass is 16.5. The highest BCUT2D eigenvalue weighted by Gasteiger charge is 2.28. The predicted molar refractivity (Wildman–Crippen MR) is 80.3 cm³/mol. The van der Waals surface area contributed by atoms with E-state index in [2.05, 4.69) is 26.0 Å². The highest BCUT2D eigenvalue weighted by Crippen LogP contribution is 2.40. The number of hydrogen-bond acceptors (Lipinski definition) is 6. The summed E-state index contributed by atoms with van der Waals surface area (Å²) in [6, 6.07) is 2.14. The van der Waals surface area contributed by atoms with Gasteiger partial charge < -0.3 is 8.94 Å². The van der Waals surface area contributed by atoms with Crippen LogP contribution in [-0.4, -0.2) is 46.1 Å². The average Bonchev–Trinajstić information content (AvgIpc) is 3.14. The fraction of sp³-hybridized carbons (Fsp3) is 0.625. The second-order valence-electron chi connectivity index (χ2n) is 6.41. The highest BCUT2D eigenvalue weighted by molar-refractivity contribution is 5.14. The predicted octanol–water partition coefficient (Wildman–Crippen LogP) is 2.17. The van der Waals surface area contributed by atoms with Gasteiger partial charge in [0.1, 0.15) is 12.0 Å². The molecule has 0 aromatic carbocycles. The average molecular weight is 302 g/mol. The Hall–Kier alpha value is -1.66. The molecule has 1 saturated heterocycles. The molecule has 0 amide bonds. The SMILES string of the molecule is Cc1nc(CN2CCN(Cc3cc(C4CC4)on3)CC2)co1. The van der Waals surface area contributed by atoms with Gasteiger partial charge in [-0.1, -0.05) is 5.16 Å². The number of aromatic nitrogens is 2. The maximum Gasteiger partial charge on any atom is 0.191 e. The molecule has 2 fully saturated rings. The van der Waals surface area contributed by atoms with E-state index in [0.717, 1.165) is 62.3 Å². The van der Waals surface area contributed by atoms with E-state index in [-0.39, 0.29) is 0 Å². The van der Waals surface area contributed by atoms with Gasteiger partial charge in [-0.25, -0.2) is 4.98 Å². The van der Waals surface area contributed by atoms with Crippen molar-refractivity contribution in [1.29, 1.82) is 0 Å². The van der Waals surface area contributed by atoms with E-state index in [1.165, 1.54) is 12.8 Å². The molecule has 6 nitrogen and oxygen atoms in total. The monoisotopic (exact) mass is 302 g/mol. The van der Waals surface area contributed by atoms with Crippen LogP contribution in [0.3, 0.4) is 0 Å². The first kappa shape index (κ1) is 14.0. The van der Waals surface area contributed by atoms with Crippen LogP contribution in [0, 0.1) is 6.92 Å². The van der Waals surface area contributed by atoms with Crippen LogP contribution in [0.5, 0.6) is 0 Å². The zero-order valence-electron chi connectivity index (χ0n) is 13.0. The van der Waals surface area contributed by atoms with Gasteiger partial charge in [-0.2, -0.15) is 0 Å². The zero-order chi connectivity index (χ0) is 14.9. The quantitative estimate of drug-likeness (QED) is 0.843. The van der Waals surface area contributed by atoms with Crippen LogP contribution >= 0.6 is 0 Å². The minimum Gasteiger partial charge on any atom is -0.449 e. The Morgan fingerprint density at radius 2 is 1.77 bits per heavy atom. The summed E-state index contributed by atoms with van der Waals surface area (Å²) in [6.07, 6.45) is 4.28. The third-order valence-electron chi connectivity index (χ3n) is 4.46. The minimum atomic E-state index is 0.643. The Morgan fingerprint density at radius 3 is 2.36 bits per heavy atom. The summed E-state index contributed by atoms with van der Waals surface area (Å²) in [7, 11) is 0. The molecule has 0 spiro atoms. The van der Waals surface area contributed by atoms with Crippen LogP contribution < -0.4 is 0 Å². The number of rotatable bonds is 5. The molecule has 4 rings (SSSR count). The summed E-state index contributed by atoms with van der Waals surface area (Å²) in [4.78, 5) is 9.24. The number of piperazine rings is 1. The van der Waals surface area contributed by atoms with Crippen molar-refractivity contribution in [2.45, 2.75) is 38.8 Å². The molecule has 0 atom stereocenters. The van der Waals surface area contributed by atoms with E-state index in [9.17, 15) is 0 Å². The van der Waals surface area contributed by atoms with E-state index in [1.54, 1.807) is 6.26 Å². The Balaban J connectivity index is 1.26. The van der Waals surface area contributed by atoms with Crippen molar-refractivity contribution in [3.63, 3.8) is 0 Å². The molecule has 118 valence electrons. The van der Waals surface area contributed by atoms with Gasteiger partial charge in [-0.15, -0.1) is 0 Å². The Labute approximate surface area is 130 Å². The van der Waals surface area contributed by atoms with E-state index >= 15 is 0 Å². The van der Waals surface area contributed by atoms with Gasteiger partial charge in [-0.05, 0) is 12.8 Å². The molecule has 2 aliphatic rings. The summed E-state index contributed by atoms with van der Waals surface area (Å²) in [6.45, 7) is 7.88. The maximum atomic E-state index is 5.43. The summed E-state index contributed by atoms with van der Waals surface area (Å²) in [5.74, 6) is 2.46. The van der Waals surface area contributed by atoms with Gasteiger partial charge in [0, 0.05) is 58.2 Å². The van der Waals surface area contributed by atoms with Gasteiger partial charge in [0.15, 0.2) is 5.89 Å². The first-order valence-corrected chi connectivity index (χ1v) is 8.07. The van der Waals surface area contributed by atoms with Crippen LogP contribution in [0.4, 0.5) is 0 Å². The molecule has 0 N–H and O–H groups in total. The summed E-state index contributed by atoms with van der Waals surface area (Å²) in [5.41, 5.74) is 2.10. The Bertz CT molecular complexity index is 624. The summed E-state index contributed by atoms with van der Waals surface area (Å²) in [5, 5.41) is 4.21. The second kappa shape index (κ2) is 5.85. The maximum absolute atomic E-state index is 5.43. The van der Waals surface area contributed by atoms with Crippen molar-refractivity contribution >= 4 is 0 Å². The van der Waals surface area contributed by atoms with E-state index in [1.807, 2.05) is 6.92 Å². The topological polar surface area (TPSA) is 58.5 Å². The van der Waals surface area contributed by atoms with Crippen molar-refractivity contribution in [1.82, 2.24) is 19.9 Å². The van der Waals surface area contributed by atoms with E-state index in [0.29, 0.717) is 5.92 Å². The second-order valence-corrected chi connectivity index (χ2v) is 6.41. The fourth-order valence-corrected chi connectivity index (χ4v) is 3.01. The number of hydrogen-bond donors (Lipinski definition) is 0. The van der Waals surface area contributed by atoms with Crippen molar-refractivity contribution in [3.8, 4) is 0 Å². The zero-order valence-corrected chi connectivity index (χ0v) is 13.0. The van der Waals surface area contributed by atoms with Gasteiger partial charge in [0.25, 0.3) is 0 Å². The normalized spacial score (nSPS) is 20.6. The van der Waals surface area contributed by atoms with Gasteiger partial charge >= 0.3 is 0 Å². The molecule has 1 aliphatic heterocycles. The van der Waals surface area contributed by atoms with Crippen molar-refractivity contribution in [2.75, 3.05) is 26.2 Å². The minimum absolute atomic E-state index is 0.643. The standard InChI is InChI=1S/C16H22N4O2/c1-12-17-15(11-21-12)10-20-6-4-19(5-7-20)9-14-8-16(22-18-14)13-2-3-13/h8,11,13H,2-7,9-10H2,1H3. The molecule has 0 bridgehead atoms. The van der Waals surface area contributed by atoms with E-state index < -0.39 is 0 Å². The van der Waals surface area contributed by atoms with E-state index in [4.69, 9.17) is 8.94 Å². The number of oxazole rings is 1. The lowest BCUT2D eigenvalue weighted by molar-refractivity contribution is 0.119. The third kappa shape index (κ3) is 3.23.